The van der Waals surface area contributed by atoms with Gasteiger partial charge in [0.05, 0.1) is 12.1 Å². The number of nitrogens with one attached hydrogen (secondary N) is 2. The van der Waals surface area contributed by atoms with Crippen molar-refractivity contribution in [3.8, 4) is 0 Å². The number of urea groups is 1. The molecule has 0 fully saturated rings. The molecule has 2 aromatic rings. The Morgan fingerprint density at radius 1 is 1.38 bits per heavy atom. The molecule has 0 aliphatic heterocycles. The molecule has 21 heavy (non-hydrogen) atoms. The molecule has 0 aliphatic rings. The van der Waals surface area contributed by atoms with Gasteiger partial charge >= 0.3 is 12.0 Å². The molecule has 1 heterocycles. The second-order valence-electron chi connectivity index (χ2n) is 4.18. The number of aromatic carboxylic acids is 1. The molecule has 110 valence electrons. The van der Waals surface area contributed by atoms with E-state index in [-0.39, 0.29) is 22.8 Å². The number of carbonyl (C=O) groups is 2. The number of hydrogen-bond acceptors (Lipinski definition) is 4. The van der Waals surface area contributed by atoms with Gasteiger partial charge in [-0.2, -0.15) is 5.10 Å². The van der Waals surface area contributed by atoms with Crippen molar-refractivity contribution in [1.82, 2.24) is 20.1 Å². The van der Waals surface area contributed by atoms with Crippen LogP contribution in [0.1, 0.15) is 16.2 Å². The van der Waals surface area contributed by atoms with Crippen LogP contribution < -0.4 is 10.6 Å². The van der Waals surface area contributed by atoms with Gasteiger partial charge in [0.15, 0.2) is 5.82 Å². The van der Waals surface area contributed by atoms with Gasteiger partial charge in [-0.1, -0.05) is 11.6 Å². The van der Waals surface area contributed by atoms with Gasteiger partial charge in [0, 0.05) is 17.8 Å². The van der Waals surface area contributed by atoms with Crippen LogP contribution in [0.25, 0.3) is 0 Å². The zero-order valence-corrected chi connectivity index (χ0v) is 11.8. The number of aromatic nitrogens is 3. The van der Waals surface area contributed by atoms with Gasteiger partial charge in [-0.25, -0.2) is 14.6 Å². The average molecular weight is 310 g/mol. The molecular formula is C12H12ClN5O3. The monoisotopic (exact) mass is 309 g/mol. The number of carbonyl (C=O) groups excluding carboxylic acids is 1. The van der Waals surface area contributed by atoms with Crippen LogP contribution in [0.5, 0.6) is 0 Å². The third-order valence-corrected chi connectivity index (χ3v) is 2.67. The molecule has 1 aromatic heterocycles. The minimum atomic E-state index is -1.13. The average Bonchev–Trinajstić information content (AvgIpc) is 2.81. The van der Waals surface area contributed by atoms with E-state index in [1.807, 2.05) is 0 Å². The van der Waals surface area contributed by atoms with E-state index in [2.05, 4.69) is 20.7 Å². The Morgan fingerprint density at radius 3 is 2.76 bits per heavy atom. The van der Waals surface area contributed by atoms with E-state index in [4.69, 9.17) is 16.7 Å². The van der Waals surface area contributed by atoms with Crippen molar-refractivity contribution in [1.29, 1.82) is 0 Å². The molecule has 2 rings (SSSR count). The maximum Gasteiger partial charge on any atom is 0.335 e. The maximum absolute atomic E-state index is 11.7. The fraction of sp³-hybridized carbons (Fsp3) is 0.167. The Bertz CT molecular complexity index is 685. The molecule has 1 aromatic carbocycles. The van der Waals surface area contributed by atoms with E-state index in [1.165, 1.54) is 29.2 Å². The lowest BCUT2D eigenvalue weighted by Gasteiger charge is -2.07. The number of carboxylic acids is 1. The molecule has 2 amide bonds. The van der Waals surface area contributed by atoms with Crippen LogP contribution in [0.15, 0.2) is 24.5 Å². The number of anilines is 1. The van der Waals surface area contributed by atoms with Gasteiger partial charge in [0.1, 0.15) is 6.33 Å². The van der Waals surface area contributed by atoms with Crippen LogP contribution in [-0.4, -0.2) is 31.9 Å². The van der Waals surface area contributed by atoms with Crippen LogP contribution in [0.2, 0.25) is 5.02 Å². The highest BCUT2D eigenvalue weighted by atomic mass is 35.5. The van der Waals surface area contributed by atoms with Gasteiger partial charge in [-0.05, 0) is 18.2 Å². The fourth-order valence-corrected chi connectivity index (χ4v) is 1.82. The van der Waals surface area contributed by atoms with Crippen molar-refractivity contribution in [3.63, 3.8) is 0 Å². The summed E-state index contributed by atoms with van der Waals surface area (Å²) in [5.41, 5.74) is 0.274. The number of aryl methyl sites for hydroxylation is 1. The number of halogens is 1. The van der Waals surface area contributed by atoms with E-state index < -0.39 is 12.0 Å². The highest BCUT2D eigenvalue weighted by Crippen LogP contribution is 2.19. The SMILES string of the molecule is Cn1cnc(CNC(=O)Nc2cc(Cl)cc(C(=O)O)c2)n1. The minimum Gasteiger partial charge on any atom is -0.478 e. The second kappa shape index (κ2) is 6.23. The number of benzene rings is 1. The van der Waals surface area contributed by atoms with E-state index in [0.717, 1.165) is 0 Å². The zero-order chi connectivity index (χ0) is 15.4. The van der Waals surface area contributed by atoms with Crippen LogP contribution in [0.4, 0.5) is 10.5 Å². The summed E-state index contributed by atoms with van der Waals surface area (Å²) in [6.45, 7) is 0.152. The number of hydrogen-bond donors (Lipinski definition) is 3. The predicted octanol–water partition coefficient (Wildman–Crippen LogP) is 1.49. The number of rotatable bonds is 4. The van der Waals surface area contributed by atoms with Crippen LogP contribution in [0.3, 0.4) is 0 Å². The van der Waals surface area contributed by atoms with Gasteiger partial charge in [0.25, 0.3) is 0 Å². The zero-order valence-electron chi connectivity index (χ0n) is 11.0. The lowest BCUT2D eigenvalue weighted by molar-refractivity contribution is 0.0697. The first-order chi connectivity index (χ1) is 9.94. The molecule has 0 unspecified atom stereocenters. The summed E-state index contributed by atoms with van der Waals surface area (Å²) in [5.74, 6) is -0.663. The Kier molecular flexibility index (Phi) is 4.39. The second-order valence-corrected chi connectivity index (χ2v) is 4.61. The summed E-state index contributed by atoms with van der Waals surface area (Å²) in [6, 6.07) is 3.55. The van der Waals surface area contributed by atoms with Gasteiger partial charge in [-0.3, -0.25) is 4.68 Å². The predicted molar refractivity (Wildman–Crippen MR) is 75.3 cm³/mol. The summed E-state index contributed by atoms with van der Waals surface area (Å²) >= 11 is 5.80. The maximum atomic E-state index is 11.7. The number of nitrogens with zero attached hydrogens (tertiary/aromatic N) is 3. The van der Waals surface area contributed by atoms with Gasteiger partial charge in [0.2, 0.25) is 0 Å². The lowest BCUT2D eigenvalue weighted by Crippen LogP contribution is -2.28. The summed E-state index contributed by atoms with van der Waals surface area (Å²) < 4.78 is 1.52. The third-order valence-electron chi connectivity index (χ3n) is 2.46. The summed E-state index contributed by atoms with van der Waals surface area (Å²) in [4.78, 5) is 26.6. The van der Waals surface area contributed by atoms with E-state index in [1.54, 1.807) is 7.05 Å². The molecule has 8 nitrogen and oxygen atoms in total. The standard InChI is InChI=1S/C12H12ClN5O3/c1-18-6-15-10(17-18)5-14-12(21)16-9-3-7(11(19)20)2-8(13)4-9/h2-4,6H,5H2,1H3,(H,19,20)(H2,14,16,21). The summed E-state index contributed by atoms with van der Waals surface area (Å²) in [5, 5.41) is 18.2. The highest BCUT2D eigenvalue weighted by Gasteiger charge is 2.09. The van der Waals surface area contributed by atoms with Crippen molar-refractivity contribution in [3.05, 3.63) is 40.9 Å². The minimum absolute atomic E-state index is 0.0100. The Morgan fingerprint density at radius 2 is 2.14 bits per heavy atom. The quantitative estimate of drug-likeness (QED) is 0.792. The molecule has 0 atom stereocenters. The molecule has 9 heteroatoms. The molecule has 0 aliphatic carbocycles. The molecule has 0 saturated carbocycles. The molecule has 0 radical (unpaired) electrons. The van der Waals surface area contributed by atoms with Gasteiger partial charge < -0.3 is 15.7 Å². The van der Waals surface area contributed by atoms with Crippen LogP contribution in [0, 0.1) is 0 Å². The molecule has 0 spiro atoms. The van der Waals surface area contributed by atoms with Crippen molar-refractivity contribution >= 4 is 29.3 Å². The molecule has 0 saturated heterocycles. The van der Waals surface area contributed by atoms with Crippen molar-refractivity contribution in [2.45, 2.75) is 6.54 Å². The fourth-order valence-electron chi connectivity index (χ4n) is 1.58. The molecule has 0 bridgehead atoms. The van der Waals surface area contributed by atoms with Crippen molar-refractivity contribution < 1.29 is 14.7 Å². The topological polar surface area (TPSA) is 109 Å². The Hall–Kier alpha value is -2.61. The summed E-state index contributed by atoms with van der Waals surface area (Å²) in [6.07, 6.45) is 1.52. The van der Waals surface area contributed by atoms with Gasteiger partial charge in [-0.15, -0.1) is 0 Å². The first-order valence-electron chi connectivity index (χ1n) is 5.87. The highest BCUT2D eigenvalue weighted by molar-refractivity contribution is 6.31. The summed E-state index contributed by atoms with van der Waals surface area (Å²) in [7, 11) is 1.72. The number of carboxylic acid groups (broad SMARTS) is 1. The van der Waals surface area contributed by atoms with E-state index in [0.29, 0.717) is 5.82 Å². The van der Waals surface area contributed by atoms with E-state index >= 15 is 0 Å². The Balaban J connectivity index is 1.97. The first kappa shape index (κ1) is 14.8. The van der Waals surface area contributed by atoms with Crippen LogP contribution in [-0.2, 0) is 13.6 Å². The van der Waals surface area contributed by atoms with E-state index in [9.17, 15) is 9.59 Å². The van der Waals surface area contributed by atoms with Crippen molar-refractivity contribution in [2.24, 2.45) is 7.05 Å². The normalized spacial score (nSPS) is 10.2. The Labute approximate surface area is 124 Å². The molecule has 3 N–H and O–H groups in total. The smallest absolute Gasteiger partial charge is 0.335 e. The largest absolute Gasteiger partial charge is 0.478 e. The van der Waals surface area contributed by atoms with Crippen LogP contribution >= 0.6 is 11.6 Å². The third kappa shape index (κ3) is 4.18. The lowest BCUT2D eigenvalue weighted by atomic mass is 10.2. The molecular weight excluding hydrogens is 298 g/mol. The number of amides is 2. The first-order valence-corrected chi connectivity index (χ1v) is 6.25. The van der Waals surface area contributed by atoms with Crippen molar-refractivity contribution in [2.75, 3.05) is 5.32 Å².